The summed E-state index contributed by atoms with van der Waals surface area (Å²) in [4.78, 5) is 14.5. The Balaban J connectivity index is 2.36. The Hall–Kier alpha value is -4.03. The van der Waals surface area contributed by atoms with Crippen LogP contribution in [0.3, 0.4) is 0 Å². The average molecular weight is 342 g/mol. The first-order valence-electron chi connectivity index (χ1n) is 7.70. The largest absolute Gasteiger partial charge is 0.496 e. The summed E-state index contributed by atoms with van der Waals surface area (Å²) in [6.45, 7) is 0. The fraction of sp³-hybridized carbons (Fsp3) is 0.0500. The molecule has 126 valence electrons. The van der Waals surface area contributed by atoms with Crippen LogP contribution in [0.5, 0.6) is 5.75 Å². The molecule has 0 amide bonds. The van der Waals surface area contributed by atoms with Crippen LogP contribution < -0.4 is 16.0 Å². The maximum atomic E-state index is 12.1. The third-order valence-electron chi connectivity index (χ3n) is 4.04. The van der Waals surface area contributed by atoms with Crippen molar-refractivity contribution in [3.63, 3.8) is 0 Å². The number of aromatic nitrogens is 1. The minimum Gasteiger partial charge on any atom is -0.496 e. The lowest BCUT2D eigenvalue weighted by Crippen LogP contribution is -2.16. The molecule has 6 nitrogen and oxygen atoms in total. The van der Waals surface area contributed by atoms with Crippen LogP contribution in [0.1, 0.15) is 11.1 Å². The van der Waals surface area contributed by atoms with E-state index in [1.165, 1.54) is 0 Å². The van der Waals surface area contributed by atoms with Crippen LogP contribution in [0, 0.1) is 22.7 Å². The molecule has 1 aromatic heterocycles. The number of aromatic amines is 1. The number of pyridine rings is 1. The molecule has 26 heavy (non-hydrogen) atoms. The zero-order valence-corrected chi connectivity index (χ0v) is 13.9. The molecule has 3 rings (SSSR count). The lowest BCUT2D eigenvalue weighted by Gasteiger charge is -2.13. The number of nitriles is 2. The number of H-pyrrole nitrogens is 1. The van der Waals surface area contributed by atoms with E-state index in [0.29, 0.717) is 11.3 Å². The van der Waals surface area contributed by atoms with Crippen molar-refractivity contribution in [3.05, 3.63) is 70.0 Å². The first-order chi connectivity index (χ1) is 12.6. The molecular formula is C20H14N4O2. The highest BCUT2D eigenvalue weighted by Crippen LogP contribution is 2.36. The zero-order valence-electron chi connectivity index (χ0n) is 13.9. The van der Waals surface area contributed by atoms with Gasteiger partial charge in [0, 0.05) is 11.1 Å². The number of hydrogen-bond donors (Lipinski definition) is 2. The fourth-order valence-electron chi connectivity index (χ4n) is 2.84. The van der Waals surface area contributed by atoms with E-state index >= 15 is 0 Å². The van der Waals surface area contributed by atoms with E-state index in [2.05, 4.69) is 4.98 Å². The number of nitrogens with two attached hydrogens (primary N) is 1. The molecular weight excluding hydrogens is 328 g/mol. The van der Waals surface area contributed by atoms with E-state index in [-0.39, 0.29) is 22.5 Å². The third kappa shape index (κ3) is 2.77. The molecule has 0 aliphatic heterocycles. The smallest absolute Gasteiger partial charge is 0.268 e. The Morgan fingerprint density at radius 2 is 1.69 bits per heavy atom. The molecule has 0 aliphatic carbocycles. The summed E-state index contributed by atoms with van der Waals surface area (Å²) >= 11 is 0. The van der Waals surface area contributed by atoms with E-state index in [1.54, 1.807) is 25.3 Å². The minimum atomic E-state index is -0.629. The maximum absolute atomic E-state index is 12.1. The highest BCUT2D eigenvalue weighted by molar-refractivity contribution is 5.84. The molecule has 0 saturated heterocycles. The van der Waals surface area contributed by atoms with Gasteiger partial charge in [-0.1, -0.05) is 36.4 Å². The molecule has 0 atom stereocenters. The van der Waals surface area contributed by atoms with Gasteiger partial charge in [-0.2, -0.15) is 10.5 Å². The molecule has 3 N–H and O–H groups in total. The summed E-state index contributed by atoms with van der Waals surface area (Å²) in [6.07, 6.45) is 0. The molecule has 6 heteroatoms. The number of methoxy groups -OCH3 is 1. The van der Waals surface area contributed by atoms with Crippen LogP contribution in [-0.2, 0) is 0 Å². The first-order valence-corrected chi connectivity index (χ1v) is 7.70. The van der Waals surface area contributed by atoms with Crippen LogP contribution in [0.25, 0.3) is 22.3 Å². The minimum absolute atomic E-state index is 0.0605. The topological polar surface area (TPSA) is 116 Å². The lowest BCUT2D eigenvalue weighted by atomic mass is 9.93. The molecule has 0 unspecified atom stereocenters. The lowest BCUT2D eigenvalue weighted by molar-refractivity contribution is 0.416. The van der Waals surface area contributed by atoms with Gasteiger partial charge in [-0.15, -0.1) is 0 Å². The number of ether oxygens (including phenoxy) is 1. The molecule has 0 spiro atoms. The molecule has 0 bridgehead atoms. The highest BCUT2D eigenvalue weighted by Gasteiger charge is 2.19. The number of nitrogen functional groups attached to an aromatic ring is 1. The predicted octanol–water partition coefficient (Wildman–Crippen LogP) is 3.04. The van der Waals surface area contributed by atoms with E-state index < -0.39 is 5.56 Å². The maximum Gasteiger partial charge on any atom is 0.268 e. The molecule has 2 aromatic carbocycles. The Bertz CT molecular complexity index is 1120. The van der Waals surface area contributed by atoms with Gasteiger partial charge in [0.25, 0.3) is 5.56 Å². The fourth-order valence-corrected chi connectivity index (χ4v) is 2.84. The monoisotopic (exact) mass is 342 g/mol. The molecule has 0 fully saturated rings. The van der Waals surface area contributed by atoms with Gasteiger partial charge >= 0.3 is 0 Å². The van der Waals surface area contributed by atoms with Crippen molar-refractivity contribution in [2.75, 3.05) is 12.8 Å². The van der Waals surface area contributed by atoms with Crippen molar-refractivity contribution in [2.45, 2.75) is 0 Å². The number of rotatable bonds is 3. The van der Waals surface area contributed by atoms with Gasteiger partial charge in [0.15, 0.2) is 0 Å². The quantitative estimate of drug-likeness (QED) is 0.759. The molecule has 1 heterocycles. The Kier molecular flexibility index (Phi) is 4.42. The van der Waals surface area contributed by atoms with E-state index in [0.717, 1.165) is 11.1 Å². The van der Waals surface area contributed by atoms with Crippen LogP contribution in [-0.4, -0.2) is 12.1 Å². The van der Waals surface area contributed by atoms with Gasteiger partial charge < -0.3 is 15.5 Å². The Morgan fingerprint density at radius 3 is 2.31 bits per heavy atom. The summed E-state index contributed by atoms with van der Waals surface area (Å²) in [5.74, 6) is 0.568. The van der Waals surface area contributed by atoms with E-state index in [9.17, 15) is 15.3 Å². The Morgan fingerprint density at radius 1 is 1.00 bits per heavy atom. The standard InChI is InChI=1S/C20H14N4O2/c1-26-17-8-7-13(9-14(17)12-5-3-2-4-6-12)18-15(10-21)19(23)24-20(25)16(18)11-22/h2-9H,1H3,(H3,23,24,25). The van der Waals surface area contributed by atoms with Gasteiger partial charge in [0.05, 0.1) is 7.11 Å². The normalized spacial score (nSPS) is 9.96. The van der Waals surface area contributed by atoms with Gasteiger partial charge in [-0.3, -0.25) is 4.79 Å². The summed E-state index contributed by atoms with van der Waals surface area (Å²) in [5.41, 5.74) is 7.50. The van der Waals surface area contributed by atoms with Crippen molar-refractivity contribution in [2.24, 2.45) is 0 Å². The van der Waals surface area contributed by atoms with Crippen molar-refractivity contribution in [1.29, 1.82) is 10.5 Å². The third-order valence-corrected chi connectivity index (χ3v) is 4.04. The van der Waals surface area contributed by atoms with Gasteiger partial charge in [-0.05, 0) is 23.3 Å². The highest BCUT2D eigenvalue weighted by atomic mass is 16.5. The van der Waals surface area contributed by atoms with Gasteiger partial charge in [-0.25, -0.2) is 0 Å². The number of nitrogens with zero attached hydrogens (tertiary/aromatic N) is 2. The summed E-state index contributed by atoms with van der Waals surface area (Å²) in [5, 5.41) is 18.9. The number of hydrogen-bond acceptors (Lipinski definition) is 5. The predicted molar refractivity (Wildman–Crippen MR) is 98.3 cm³/mol. The summed E-state index contributed by atoms with van der Waals surface area (Å²) in [7, 11) is 1.56. The number of benzene rings is 2. The van der Waals surface area contributed by atoms with Gasteiger partial charge in [0.1, 0.15) is 34.8 Å². The molecule has 0 radical (unpaired) electrons. The number of anilines is 1. The second-order valence-corrected chi connectivity index (χ2v) is 5.50. The van der Waals surface area contributed by atoms with E-state index in [1.807, 2.05) is 42.5 Å². The van der Waals surface area contributed by atoms with Crippen molar-refractivity contribution in [3.8, 4) is 40.1 Å². The summed E-state index contributed by atoms with van der Waals surface area (Å²) < 4.78 is 5.43. The second kappa shape index (κ2) is 6.84. The van der Waals surface area contributed by atoms with Crippen LogP contribution in [0.15, 0.2) is 53.3 Å². The summed E-state index contributed by atoms with van der Waals surface area (Å²) in [6, 6.07) is 18.6. The van der Waals surface area contributed by atoms with Crippen LogP contribution in [0.2, 0.25) is 0 Å². The van der Waals surface area contributed by atoms with Crippen LogP contribution >= 0.6 is 0 Å². The second-order valence-electron chi connectivity index (χ2n) is 5.50. The van der Waals surface area contributed by atoms with Gasteiger partial charge in [0.2, 0.25) is 0 Å². The van der Waals surface area contributed by atoms with Crippen LogP contribution in [0.4, 0.5) is 5.82 Å². The molecule has 0 aliphatic rings. The first kappa shape index (κ1) is 16.8. The molecule has 0 saturated carbocycles. The SMILES string of the molecule is COc1ccc(-c2c(C#N)c(N)[nH]c(=O)c2C#N)cc1-c1ccccc1. The van der Waals surface area contributed by atoms with Crippen molar-refractivity contribution < 1.29 is 4.74 Å². The number of nitrogens with one attached hydrogen (secondary N) is 1. The van der Waals surface area contributed by atoms with Crippen molar-refractivity contribution in [1.82, 2.24) is 4.98 Å². The van der Waals surface area contributed by atoms with E-state index in [4.69, 9.17) is 10.5 Å². The average Bonchev–Trinajstić information content (AvgIpc) is 2.67. The zero-order chi connectivity index (χ0) is 18.7. The van der Waals surface area contributed by atoms with Crippen molar-refractivity contribution >= 4 is 5.82 Å². The molecule has 3 aromatic rings. The Labute approximate surface area is 149 Å².